The van der Waals surface area contributed by atoms with Crippen molar-refractivity contribution in [2.24, 2.45) is 0 Å². The molecule has 0 aliphatic heterocycles. The van der Waals surface area contributed by atoms with Crippen molar-refractivity contribution in [2.45, 2.75) is 6.92 Å². The second-order valence-corrected chi connectivity index (χ2v) is 4.75. The van der Waals surface area contributed by atoms with E-state index in [0.29, 0.717) is 5.75 Å². The average molecular weight is 250 g/mol. The maximum Gasteiger partial charge on any atom is 0.119 e. The summed E-state index contributed by atoms with van der Waals surface area (Å²) >= 11 is 0. The van der Waals surface area contributed by atoms with Gasteiger partial charge < -0.3 is 10.2 Å². The van der Waals surface area contributed by atoms with Gasteiger partial charge in [0.1, 0.15) is 11.5 Å². The van der Waals surface area contributed by atoms with E-state index in [1.54, 1.807) is 18.2 Å². The SMILES string of the molecule is Cc1ccc(-c2ccc3cc(O)ccc3c2)cc1O. The molecule has 0 amide bonds. The molecule has 2 heteroatoms. The first-order valence-electron chi connectivity index (χ1n) is 6.16. The lowest BCUT2D eigenvalue weighted by molar-refractivity contribution is 0.471. The van der Waals surface area contributed by atoms with E-state index in [4.69, 9.17) is 0 Å². The van der Waals surface area contributed by atoms with Crippen molar-refractivity contribution < 1.29 is 10.2 Å². The molecule has 0 radical (unpaired) electrons. The first-order valence-corrected chi connectivity index (χ1v) is 6.16. The van der Waals surface area contributed by atoms with Gasteiger partial charge in [0.05, 0.1) is 0 Å². The summed E-state index contributed by atoms with van der Waals surface area (Å²) in [5, 5.41) is 21.3. The van der Waals surface area contributed by atoms with Crippen LogP contribution in [-0.4, -0.2) is 10.2 Å². The van der Waals surface area contributed by atoms with Crippen LogP contribution >= 0.6 is 0 Å². The van der Waals surface area contributed by atoms with Crippen molar-refractivity contribution >= 4 is 10.8 Å². The number of hydrogen-bond donors (Lipinski definition) is 2. The van der Waals surface area contributed by atoms with Crippen molar-refractivity contribution in [1.29, 1.82) is 0 Å². The average Bonchev–Trinajstić information content (AvgIpc) is 2.41. The molecule has 0 fully saturated rings. The van der Waals surface area contributed by atoms with Gasteiger partial charge in [-0.2, -0.15) is 0 Å². The molecule has 3 rings (SSSR count). The Hall–Kier alpha value is -2.48. The Morgan fingerprint density at radius 1 is 0.684 bits per heavy atom. The zero-order chi connectivity index (χ0) is 13.4. The lowest BCUT2D eigenvalue weighted by Gasteiger charge is -2.06. The van der Waals surface area contributed by atoms with Gasteiger partial charge in [0.15, 0.2) is 0 Å². The molecule has 0 saturated carbocycles. The lowest BCUT2D eigenvalue weighted by Crippen LogP contribution is -1.81. The van der Waals surface area contributed by atoms with Gasteiger partial charge in [-0.3, -0.25) is 0 Å². The van der Waals surface area contributed by atoms with Crippen molar-refractivity contribution in [3.8, 4) is 22.6 Å². The van der Waals surface area contributed by atoms with Gasteiger partial charge in [0.2, 0.25) is 0 Å². The number of fused-ring (bicyclic) bond motifs is 1. The van der Waals surface area contributed by atoms with E-state index >= 15 is 0 Å². The van der Waals surface area contributed by atoms with Crippen LogP contribution in [0.5, 0.6) is 11.5 Å². The van der Waals surface area contributed by atoms with Crippen LogP contribution in [0.3, 0.4) is 0 Å². The third kappa shape index (κ3) is 2.13. The largest absolute Gasteiger partial charge is 0.508 e. The Balaban J connectivity index is 2.14. The monoisotopic (exact) mass is 250 g/mol. The van der Waals surface area contributed by atoms with E-state index in [9.17, 15) is 10.2 Å². The maximum atomic E-state index is 9.78. The van der Waals surface area contributed by atoms with Crippen molar-refractivity contribution in [2.75, 3.05) is 0 Å². The summed E-state index contributed by atoms with van der Waals surface area (Å²) in [5.74, 6) is 0.580. The molecule has 0 aliphatic carbocycles. The normalized spacial score (nSPS) is 10.8. The molecular weight excluding hydrogens is 236 g/mol. The summed E-state index contributed by atoms with van der Waals surface area (Å²) in [7, 11) is 0. The predicted molar refractivity (Wildman–Crippen MR) is 77.5 cm³/mol. The minimum Gasteiger partial charge on any atom is -0.508 e. The van der Waals surface area contributed by atoms with Crippen LogP contribution < -0.4 is 0 Å². The Labute approximate surface area is 111 Å². The van der Waals surface area contributed by atoms with E-state index in [1.165, 1.54) is 0 Å². The molecule has 0 bridgehead atoms. The first-order chi connectivity index (χ1) is 9.13. The van der Waals surface area contributed by atoms with Crippen LogP contribution in [0.25, 0.3) is 21.9 Å². The zero-order valence-electron chi connectivity index (χ0n) is 10.6. The number of aromatic hydroxyl groups is 2. The molecule has 0 atom stereocenters. The summed E-state index contributed by atoms with van der Waals surface area (Å²) in [6.07, 6.45) is 0. The van der Waals surface area contributed by atoms with E-state index in [1.807, 2.05) is 37.3 Å². The van der Waals surface area contributed by atoms with Gasteiger partial charge >= 0.3 is 0 Å². The van der Waals surface area contributed by atoms with Gasteiger partial charge in [-0.25, -0.2) is 0 Å². The highest BCUT2D eigenvalue weighted by molar-refractivity contribution is 5.88. The highest BCUT2D eigenvalue weighted by Gasteiger charge is 2.03. The zero-order valence-corrected chi connectivity index (χ0v) is 10.6. The second-order valence-electron chi connectivity index (χ2n) is 4.75. The molecule has 2 N–H and O–H groups in total. The smallest absolute Gasteiger partial charge is 0.119 e. The van der Waals surface area contributed by atoms with Crippen LogP contribution in [0.2, 0.25) is 0 Å². The molecule has 94 valence electrons. The molecule has 0 heterocycles. The fourth-order valence-electron chi connectivity index (χ4n) is 2.20. The topological polar surface area (TPSA) is 40.5 Å². The Bertz CT molecular complexity index is 760. The standard InChI is InChI=1S/C17H14O2/c1-11-2-3-15(10-17(11)19)12-4-5-14-9-16(18)7-6-13(14)8-12/h2-10,18-19H,1H3. The summed E-state index contributed by atoms with van der Waals surface area (Å²) in [6.45, 7) is 1.88. The van der Waals surface area contributed by atoms with E-state index in [2.05, 4.69) is 6.07 Å². The molecule has 0 aromatic heterocycles. The van der Waals surface area contributed by atoms with Crippen molar-refractivity contribution in [3.63, 3.8) is 0 Å². The van der Waals surface area contributed by atoms with Gasteiger partial charge in [0, 0.05) is 0 Å². The van der Waals surface area contributed by atoms with Crippen LogP contribution in [0.1, 0.15) is 5.56 Å². The van der Waals surface area contributed by atoms with Gasteiger partial charge in [-0.05, 0) is 58.7 Å². The van der Waals surface area contributed by atoms with Crippen LogP contribution in [0.4, 0.5) is 0 Å². The first kappa shape index (κ1) is 11.6. The molecule has 0 aliphatic rings. The quantitative estimate of drug-likeness (QED) is 0.678. The Morgan fingerprint density at radius 3 is 2.11 bits per heavy atom. The fourth-order valence-corrected chi connectivity index (χ4v) is 2.20. The number of phenolic OH excluding ortho intramolecular Hbond substituents is 2. The van der Waals surface area contributed by atoms with Crippen molar-refractivity contribution in [3.05, 3.63) is 60.2 Å². The number of aryl methyl sites for hydroxylation is 1. The number of benzene rings is 3. The maximum absolute atomic E-state index is 9.78. The van der Waals surface area contributed by atoms with Crippen molar-refractivity contribution in [1.82, 2.24) is 0 Å². The summed E-state index contributed by atoms with van der Waals surface area (Å²) in [4.78, 5) is 0. The van der Waals surface area contributed by atoms with Gasteiger partial charge in [-0.1, -0.05) is 30.3 Å². The minimum absolute atomic E-state index is 0.272. The van der Waals surface area contributed by atoms with E-state index in [-0.39, 0.29) is 5.75 Å². The Morgan fingerprint density at radius 2 is 1.32 bits per heavy atom. The predicted octanol–water partition coefficient (Wildman–Crippen LogP) is 4.23. The summed E-state index contributed by atoms with van der Waals surface area (Å²) < 4.78 is 0. The molecular formula is C17H14O2. The van der Waals surface area contributed by atoms with E-state index in [0.717, 1.165) is 27.5 Å². The highest BCUT2D eigenvalue weighted by atomic mass is 16.3. The highest BCUT2D eigenvalue weighted by Crippen LogP contribution is 2.29. The number of hydrogen-bond acceptors (Lipinski definition) is 2. The minimum atomic E-state index is 0.272. The molecule has 0 spiro atoms. The molecule has 19 heavy (non-hydrogen) atoms. The molecule has 3 aromatic carbocycles. The summed E-state index contributed by atoms with van der Waals surface area (Å²) in [5.41, 5.74) is 2.90. The van der Waals surface area contributed by atoms with Gasteiger partial charge in [0.25, 0.3) is 0 Å². The molecule has 3 aromatic rings. The third-order valence-electron chi connectivity index (χ3n) is 3.37. The molecule has 0 saturated heterocycles. The Kier molecular flexibility index (Phi) is 2.64. The number of phenols is 2. The second kappa shape index (κ2) is 4.32. The van der Waals surface area contributed by atoms with Crippen LogP contribution in [0.15, 0.2) is 54.6 Å². The van der Waals surface area contributed by atoms with E-state index < -0.39 is 0 Å². The van der Waals surface area contributed by atoms with Gasteiger partial charge in [-0.15, -0.1) is 0 Å². The third-order valence-corrected chi connectivity index (χ3v) is 3.37. The van der Waals surface area contributed by atoms with Crippen LogP contribution in [0, 0.1) is 6.92 Å². The fraction of sp³-hybridized carbons (Fsp3) is 0.0588. The lowest BCUT2D eigenvalue weighted by atomic mass is 10.00. The molecule has 0 unspecified atom stereocenters. The summed E-state index contributed by atoms with van der Waals surface area (Å²) in [6, 6.07) is 17.0. The molecule has 2 nitrogen and oxygen atoms in total. The number of rotatable bonds is 1. The van der Waals surface area contributed by atoms with Crippen LogP contribution in [-0.2, 0) is 0 Å².